The van der Waals surface area contributed by atoms with E-state index in [2.05, 4.69) is 24.9 Å². The minimum Gasteiger partial charge on any atom is -0.446 e. The Balaban J connectivity index is 1.77. The van der Waals surface area contributed by atoms with Gasteiger partial charge in [-0.1, -0.05) is 6.92 Å². The van der Waals surface area contributed by atoms with Crippen molar-refractivity contribution >= 4 is 18.7 Å². The van der Waals surface area contributed by atoms with Crippen molar-refractivity contribution in [2.24, 2.45) is 0 Å². The van der Waals surface area contributed by atoms with E-state index in [9.17, 15) is 4.79 Å². The minimum atomic E-state index is -0.368. The van der Waals surface area contributed by atoms with Crippen molar-refractivity contribution in [3.8, 4) is 0 Å². The molecule has 0 atom stereocenters. The molecule has 8 heteroatoms. The van der Waals surface area contributed by atoms with Crippen LogP contribution in [-0.2, 0) is 23.7 Å². The first-order valence-corrected chi connectivity index (χ1v) is 10.2. The molecule has 1 aliphatic rings. The number of hydrogen-bond acceptors (Lipinski definition) is 7. The summed E-state index contributed by atoms with van der Waals surface area (Å²) in [6.07, 6.45) is 4.47. The smallest absolute Gasteiger partial charge is 0.407 e. The van der Waals surface area contributed by atoms with E-state index in [4.69, 9.17) is 23.7 Å². The fraction of sp³-hybridized carbons (Fsp3) is 0.944. The molecule has 7 nitrogen and oxygen atoms in total. The van der Waals surface area contributed by atoms with Gasteiger partial charge in [-0.15, -0.1) is 0 Å². The maximum absolute atomic E-state index is 11.7. The molecule has 1 rings (SSSR count). The molecule has 1 aliphatic carbocycles. The molecule has 0 radical (unpaired) electrons. The van der Waals surface area contributed by atoms with Crippen LogP contribution in [-0.4, -0.2) is 76.8 Å². The fourth-order valence-electron chi connectivity index (χ4n) is 2.49. The first kappa shape index (κ1) is 23.5. The summed E-state index contributed by atoms with van der Waals surface area (Å²) in [5.41, 5.74) is 0. The van der Waals surface area contributed by atoms with Gasteiger partial charge in [-0.25, -0.2) is 4.79 Å². The molecule has 0 aromatic heterocycles. The van der Waals surface area contributed by atoms with E-state index in [0.717, 1.165) is 38.7 Å². The Bertz CT molecular complexity index is 340. The highest BCUT2D eigenvalue weighted by Gasteiger charge is 2.21. The highest BCUT2D eigenvalue weighted by Crippen LogP contribution is 2.24. The summed E-state index contributed by atoms with van der Waals surface area (Å²) in [4.78, 5) is 11.7. The number of carbonyl (C=O) groups excluding carboxylic acids is 1. The number of nitrogens with one attached hydrogen (secondary N) is 1. The van der Waals surface area contributed by atoms with E-state index in [1.54, 1.807) is 0 Å². The normalized spacial score (nSPS) is 20.1. The first-order chi connectivity index (χ1) is 12.7. The number of hydrogen-bond donors (Lipinski definition) is 2. The molecule has 0 aromatic rings. The average Bonchev–Trinajstić information content (AvgIpc) is 2.64. The third kappa shape index (κ3) is 13.6. The van der Waals surface area contributed by atoms with E-state index in [1.807, 2.05) is 0 Å². The maximum atomic E-state index is 11.7. The fourth-order valence-corrected chi connectivity index (χ4v) is 2.79. The van der Waals surface area contributed by atoms with Crippen LogP contribution in [0.5, 0.6) is 0 Å². The number of ether oxygens (including phenoxy) is 5. The molecular formula is C18H35NO6S. The Labute approximate surface area is 162 Å². The second-order valence-corrected chi connectivity index (χ2v) is 6.94. The summed E-state index contributed by atoms with van der Waals surface area (Å²) in [5, 5.41) is 3.15. The predicted octanol–water partition coefficient (Wildman–Crippen LogP) is 2.43. The van der Waals surface area contributed by atoms with Crippen molar-refractivity contribution in [2.75, 3.05) is 59.4 Å². The highest BCUT2D eigenvalue weighted by molar-refractivity contribution is 7.80. The number of alkyl carbamates (subject to hydrolysis) is 1. The molecule has 1 amide bonds. The van der Waals surface area contributed by atoms with E-state index in [1.165, 1.54) is 0 Å². The van der Waals surface area contributed by atoms with E-state index < -0.39 is 0 Å². The van der Waals surface area contributed by atoms with Gasteiger partial charge in [0.05, 0.1) is 46.2 Å². The monoisotopic (exact) mass is 393 g/mol. The summed E-state index contributed by atoms with van der Waals surface area (Å²) < 4.78 is 26.8. The van der Waals surface area contributed by atoms with Crippen molar-refractivity contribution in [2.45, 2.75) is 50.4 Å². The van der Waals surface area contributed by atoms with Crippen LogP contribution in [0.4, 0.5) is 4.79 Å². The minimum absolute atomic E-state index is 0.0214. The molecular weight excluding hydrogens is 358 g/mol. The quantitative estimate of drug-likeness (QED) is 0.329. The molecule has 0 saturated heterocycles. The lowest BCUT2D eigenvalue weighted by Crippen LogP contribution is -2.33. The summed E-state index contributed by atoms with van der Waals surface area (Å²) in [6.45, 7) is 7.04. The van der Waals surface area contributed by atoms with Crippen LogP contribution in [0.25, 0.3) is 0 Å². The molecule has 26 heavy (non-hydrogen) atoms. The SMILES string of the molecule is CCCOCCOCCOCCOCCNC(=O)OC1CCC(S)CC1. The van der Waals surface area contributed by atoms with Gasteiger partial charge >= 0.3 is 6.09 Å². The second kappa shape index (κ2) is 16.6. The second-order valence-electron chi connectivity index (χ2n) is 6.21. The summed E-state index contributed by atoms with van der Waals surface area (Å²) in [7, 11) is 0. The Morgan fingerprint density at radius 3 is 1.88 bits per heavy atom. The standard InChI is InChI=1S/C18H35NO6S/c1-2-8-21-10-12-23-14-15-24-13-11-22-9-7-19-18(20)25-16-3-5-17(26)6-4-16/h16-17,26H,2-15H2,1H3,(H,19,20). The van der Waals surface area contributed by atoms with Crippen LogP contribution in [0.2, 0.25) is 0 Å². The lowest BCUT2D eigenvalue weighted by molar-refractivity contribution is -0.00154. The largest absolute Gasteiger partial charge is 0.446 e. The van der Waals surface area contributed by atoms with Crippen molar-refractivity contribution in [1.82, 2.24) is 5.32 Å². The van der Waals surface area contributed by atoms with Crippen molar-refractivity contribution < 1.29 is 28.5 Å². The van der Waals surface area contributed by atoms with E-state index in [-0.39, 0.29) is 12.2 Å². The van der Waals surface area contributed by atoms with Gasteiger partial charge in [-0.2, -0.15) is 12.6 Å². The van der Waals surface area contributed by atoms with E-state index >= 15 is 0 Å². The van der Waals surface area contributed by atoms with Crippen LogP contribution in [0.15, 0.2) is 0 Å². The number of amides is 1. The summed E-state index contributed by atoms with van der Waals surface area (Å²) in [6, 6.07) is 0. The van der Waals surface area contributed by atoms with Gasteiger partial charge in [0.1, 0.15) is 6.10 Å². The average molecular weight is 394 g/mol. The third-order valence-electron chi connectivity index (χ3n) is 3.90. The van der Waals surface area contributed by atoms with Gasteiger partial charge in [0.15, 0.2) is 0 Å². The van der Waals surface area contributed by atoms with Crippen LogP contribution in [0.3, 0.4) is 0 Å². The molecule has 1 saturated carbocycles. The van der Waals surface area contributed by atoms with Gasteiger partial charge in [-0.3, -0.25) is 0 Å². The number of thiol groups is 1. The molecule has 1 fully saturated rings. The zero-order chi connectivity index (χ0) is 18.9. The maximum Gasteiger partial charge on any atom is 0.407 e. The molecule has 154 valence electrons. The van der Waals surface area contributed by atoms with Gasteiger partial charge < -0.3 is 29.0 Å². The molecule has 0 aromatic carbocycles. The molecule has 0 spiro atoms. The highest BCUT2D eigenvalue weighted by atomic mass is 32.1. The Morgan fingerprint density at radius 2 is 1.35 bits per heavy atom. The lowest BCUT2D eigenvalue weighted by atomic mass is 9.97. The van der Waals surface area contributed by atoms with E-state index in [0.29, 0.717) is 58.0 Å². The van der Waals surface area contributed by atoms with Crippen molar-refractivity contribution in [1.29, 1.82) is 0 Å². The zero-order valence-electron chi connectivity index (χ0n) is 16.0. The first-order valence-electron chi connectivity index (χ1n) is 9.66. The van der Waals surface area contributed by atoms with Crippen molar-refractivity contribution in [3.05, 3.63) is 0 Å². The topological polar surface area (TPSA) is 75.3 Å². The van der Waals surface area contributed by atoms with Gasteiger partial charge in [0.2, 0.25) is 0 Å². The molecule has 0 unspecified atom stereocenters. The van der Waals surface area contributed by atoms with Crippen LogP contribution in [0, 0.1) is 0 Å². The molecule has 0 aliphatic heterocycles. The molecule has 0 bridgehead atoms. The number of rotatable bonds is 15. The van der Waals surface area contributed by atoms with Crippen LogP contribution < -0.4 is 5.32 Å². The van der Waals surface area contributed by atoms with Gasteiger partial charge in [0, 0.05) is 18.4 Å². The summed E-state index contributed by atoms with van der Waals surface area (Å²) >= 11 is 4.43. The van der Waals surface area contributed by atoms with Crippen LogP contribution in [0.1, 0.15) is 39.0 Å². The summed E-state index contributed by atoms with van der Waals surface area (Å²) in [5.74, 6) is 0. The Hall–Kier alpha value is -0.540. The lowest BCUT2D eigenvalue weighted by Gasteiger charge is -2.25. The van der Waals surface area contributed by atoms with Gasteiger partial charge in [-0.05, 0) is 32.1 Å². The third-order valence-corrected chi connectivity index (χ3v) is 4.41. The van der Waals surface area contributed by atoms with Crippen LogP contribution >= 0.6 is 12.6 Å². The Kier molecular flexibility index (Phi) is 15.0. The molecule has 0 heterocycles. The predicted molar refractivity (Wildman–Crippen MR) is 103 cm³/mol. The van der Waals surface area contributed by atoms with Crippen molar-refractivity contribution in [3.63, 3.8) is 0 Å². The Morgan fingerprint density at radius 1 is 0.846 bits per heavy atom. The zero-order valence-corrected chi connectivity index (χ0v) is 16.8. The molecule has 1 N–H and O–H groups in total. The van der Waals surface area contributed by atoms with Gasteiger partial charge in [0.25, 0.3) is 0 Å². The number of carbonyl (C=O) groups is 1.